The summed E-state index contributed by atoms with van der Waals surface area (Å²) in [6.07, 6.45) is 1.98. The summed E-state index contributed by atoms with van der Waals surface area (Å²) < 4.78 is 19.2. The molecule has 106 valence electrons. The molecule has 0 saturated carbocycles. The summed E-state index contributed by atoms with van der Waals surface area (Å²) in [5.41, 5.74) is 4.14. The number of hydrogen-bond acceptors (Lipinski definition) is 4. The summed E-state index contributed by atoms with van der Waals surface area (Å²) in [6.45, 7) is 0. The monoisotopic (exact) mass is 292 g/mol. The fraction of sp³-hybridized carbons (Fsp3) is 0.200. The third kappa shape index (κ3) is 2.95. The van der Waals surface area contributed by atoms with Crippen LogP contribution in [0.25, 0.3) is 0 Å². The maximum atomic E-state index is 14.2. The van der Waals surface area contributed by atoms with Crippen molar-refractivity contribution in [2.45, 2.75) is 10.9 Å². The minimum absolute atomic E-state index is 0.344. The van der Waals surface area contributed by atoms with Crippen molar-refractivity contribution in [2.24, 2.45) is 5.84 Å². The molecule has 2 aromatic rings. The fourth-order valence-electron chi connectivity index (χ4n) is 2.12. The van der Waals surface area contributed by atoms with Gasteiger partial charge in [0.1, 0.15) is 11.6 Å². The highest BCUT2D eigenvalue weighted by molar-refractivity contribution is 7.98. The van der Waals surface area contributed by atoms with Crippen LogP contribution in [0.4, 0.5) is 4.39 Å². The van der Waals surface area contributed by atoms with E-state index in [0.717, 1.165) is 10.5 Å². The van der Waals surface area contributed by atoms with E-state index < -0.39 is 6.04 Å². The van der Waals surface area contributed by atoms with E-state index in [2.05, 4.69) is 5.43 Å². The van der Waals surface area contributed by atoms with Gasteiger partial charge in [-0.15, -0.1) is 11.8 Å². The van der Waals surface area contributed by atoms with Crippen molar-refractivity contribution in [3.05, 3.63) is 59.4 Å². The lowest BCUT2D eigenvalue weighted by atomic mass is 9.98. The first kappa shape index (κ1) is 14.8. The second-order valence-corrected chi connectivity index (χ2v) is 5.08. The van der Waals surface area contributed by atoms with E-state index in [1.165, 1.54) is 13.2 Å². The number of hydrazine groups is 1. The van der Waals surface area contributed by atoms with Gasteiger partial charge in [-0.25, -0.2) is 9.82 Å². The molecule has 0 fully saturated rings. The number of thioether (sulfide) groups is 1. The van der Waals surface area contributed by atoms with Gasteiger partial charge in [0, 0.05) is 16.5 Å². The summed E-state index contributed by atoms with van der Waals surface area (Å²) in [5.74, 6) is 5.78. The average molecular weight is 292 g/mol. The number of nitrogens with one attached hydrogen (secondary N) is 1. The van der Waals surface area contributed by atoms with Crippen LogP contribution in [0.3, 0.4) is 0 Å². The fourth-order valence-corrected chi connectivity index (χ4v) is 2.76. The molecule has 0 aromatic heterocycles. The van der Waals surface area contributed by atoms with Gasteiger partial charge in [0.05, 0.1) is 13.2 Å². The zero-order valence-corrected chi connectivity index (χ0v) is 12.2. The Morgan fingerprint density at radius 1 is 1.20 bits per heavy atom. The Balaban J connectivity index is 2.47. The van der Waals surface area contributed by atoms with Crippen molar-refractivity contribution in [3.8, 4) is 5.75 Å². The van der Waals surface area contributed by atoms with Crippen molar-refractivity contribution in [1.29, 1.82) is 0 Å². The van der Waals surface area contributed by atoms with Crippen molar-refractivity contribution in [1.82, 2.24) is 5.43 Å². The van der Waals surface area contributed by atoms with Crippen LogP contribution in [-0.4, -0.2) is 13.4 Å². The number of benzene rings is 2. The van der Waals surface area contributed by atoms with Gasteiger partial charge in [0.15, 0.2) is 0 Å². The smallest absolute Gasteiger partial charge is 0.132 e. The van der Waals surface area contributed by atoms with Gasteiger partial charge in [0.2, 0.25) is 0 Å². The molecule has 5 heteroatoms. The topological polar surface area (TPSA) is 47.3 Å². The third-order valence-corrected chi connectivity index (χ3v) is 3.95. The van der Waals surface area contributed by atoms with E-state index >= 15 is 0 Å². The molecular weight excluding hydrogens is 275 g/mol. The molecule has 0 aliphatic carbocycles. The summed E-state index contributed by atoms with van der Waals surface area (Å²) in [7, 11) is 1.51. The number of ether oxygens (including phenoxy) is 1. The molecule has 0 amide bonds. The van der Waals surface area contributed by atoms with Gasteiger partial charge >= 0.3 is 0 Å². The van der Waals surface area contributed by atoms with E-state index in [-0.39, 0.29) is 5.82 Å². The Morgan fingerprint density at radius 2 is 1.95 bits per heavy atom. The zero-order valence-electron chi connectivity index (χ0n) is 11.4. The Labute approximate surface area is 122 Å². The molecule has 20 heavy (non-hydrogen) atoms. The molecule has 0 aliphatic rings. The first-order valence-corrected chi connectivity index (χ1v) is 7.36. The Morgan fingerprint density at radius 3 is 2.55 bits per heavy atom. The van der Waals surface area contributed by atoms with Gasteiger partial charge < -0.3 is 4.74 Å². The Hall–Kier alpha value is -1.56. The SMILES string of the molecule is COc1ccc(C(NN)c2ccccc2SC)c(F)c1. The highest BCUT2D eigenvalue weighted by Crippen LogP contribution is 2.32. The van der Waals surface area contributed by atoms with Crippen molar-refractivity contribution in [2.75, 3.05) is 13.4 Å². The number of nitrogens with two attached hydrogens (primary N) is 1. The zero-order chi connectivity index (χ0) is 14.5. The minimum Gasteiger partial charge on any atom is -0.497 e. The van der Waals surface area contributed by atoms with E-state index in [1.54, 1.807) is 23.9 Å². The lowest BCUT2D eigenvalue weighted by Crippen LogP contribution is -2.30. The van der Waals surface area contributed by atoms with Crippen LogP contribution in [-0.2, 0) is 0 Å². The maximum absolute atomic E-state index is 14.2. The van der Waals surface area contributed by atoms with Gasteiger partial charge in [-0.05, 0) is 24.0 Å². The van der Waals surface area contributed by atoms with Crippen LogP contribution >= 0.6 is 11.8 Å². The normalized spacial score (nSPS) is 12.2. The molecule has 1 unspecified atom stereocenters. The lowest BCUT2D eigenvalue weighted by Gasteiger charge is -2.20. The lowest BCUT2D eigenvalue weighted by molar-refractivity contribution is 0.410. The van der Waals surface area contributed by atoms with Crippen LogP contribution in [0.5, 0.6) is 5.75 Å². The molecule has 0 saturated heterocycles. The molecule has 2 rings (SSSR count). The van der Waals surface area contributed by atoms with Crippen LogP contribution < -0.4 is 16.0 Å². The van der Waals surface area contributed by atoms with Crippen LogP contribution in [0.15, 0.2) is 47.4 Å². The molecule has 3 N–H and O–H groups in total. The van der Waals surface area contributed by atoms with E-state index in [9.17, 15) is 4.39 Å². The molecule has 3 nitrogen and oxygen atoms in total. The van der Waals surface area contributed by atoms with Gasteiger partial charge in [-0.3, -0.25) is 5.84 Å². The number of hydrogen-bond donors (Lipinski definition) is 2. The van der Waals surface area contributed by atoms with Gasteiger partial charge in [0.25, 0.3) is 0 Å². The van der Waals surface area contributed by atoms with Crippen LogP contribution in [0.1, 0.15) is 17.2 Å². The molecule has 0 heterocycles. The average Bonchev–Trinajstić information content (AvgIpc) is 2.50. The first-order valence-electron chi connectivity index (χ1n) is 6.13. The van der Waals surface area contributed by atoms with Gasteiger partial charge in [-0.1, -0.05) is 24.3 Å². The standard InChI is InChI=1S/C15H17FN2OS/c1-19-10-7-8-11(13(16)9-10)15(18-17)12-5-3-4-6-14(12)20-2/h3-9,15,18H,17H2,1-2H3. The quantitative estimate of drug-likeness (QED) is 0.505. The molecule has 0 radical (unpaired) electrons. The summed E-state index contributed by atoms with van der Waals surface area (Å²) in [6, 6.07) is 12.2. The molecule has 0 aliphatic heterocycles. The second-order valence-electron chi connectivity index (χ2n) is 4.23. The number of halogens is 1. The first-order chi connectivity index (χ1) is 9.71. The molecule has 1 atom stereocenters. The predicted molar refractivity (Wildman–Crippen MR) is 80.3 cm³/mol. The predicted octanol–water partition coefficient (Wildman–Crippen LogP) is 3.11. The summed E-state index contributed by atoms with van der Waals surface area (Å²) in [5, 5.41) is 0. The molecule has 2 aromatic carbocycles. The second kappa shape index (κ2) is 6.74. The third-order valence-electron chi connectivity index (χ3n) is 3.14. The molecular formula is C15H17FN2OS. The Kier molecular flexibility index (Phi) is 5.00. The minimum atomic E-state index is -0.399. The maximum Gasteiger partial charge on any atom is 0.132 e. The van der Waals surface area contributed by atoms with Gasteiger partial charge in [-0.2, -0.15) is 0 Å². The van der Waals surface area contributed by atoms with E-state index in [0.29, 0.717) is 11.3 Å². The summed E-state index contributed by atoms with van der Waals surface area (Å²) in [4.78, 5) is 1.06. The highest BCUT2D eigenvalue weighted by atomic mass is 32.2. The largest absolute Gasteiger partial charge is 0.497 e. The van der Waals surface area contributed by atoms with E-state index in [1.807, 2.05) is 30.5 Å². The van der Waals surface area contributed by atoms with Crippen molar-refractivity contribution in [3.63, 3.8) is 0 Å². The number of rotatable bonds is 5. The van der Waals surface area contributed by atoms with Crippen molar-refractivity contribution >= 4 is 11.8 Å². The van der Waals surface area contributed by atoms with E-state index in [4.69, 9.17) is 10.6 Å². The Bertz CT molecular complexity index is 592. The van der Waals surface area contributed by atoms with Crippen molar-refractivity contribution < 1.29 is 9.13 Å². The van der Waals surface area contributed by atoms with Crippen LogP contribution in [0, 0.1) is 5.82 Å². The molecule has 0 spiro atoms. The number of methoxy groups -OCH3 is 1. The molecule has 0 bridgehead atoms. The summed E-state index contributed by atoms with van der Waals surface area (Å²) >= 11 is 1.60. The van der Waals surface area contributed by atoms with Crippen LogP contribution in [0.2, 0.25) is 0 Å². The highest BCUT2D eigenvalue weighted by Gasteiger charge is 2.19.